The van der Waals surface area contributed by atoms with Crippen LogP contribution in [0.2, 0.25) is 0 Å². The van der Waals surface area contributed by atoms with E-state index >= 15 is 0 Å². The average Bonchev–Trinajstić information content (AvgIpc) is 2.05. The Morgan fingerprint density at radius 3 is 2.23 bits per heavy atom. The molecule has 0 saturated heterocycles. The minimum atomic E-state index is -0.481. The first-order valence-corrected chi connectivity index (χ1v) is 4.70. The van der Waals surface area contributed by atoms with Crippen LogP contribution in [-0.4, -0.2) is 37.3 Å². The van der Waals surface area contributed by atoms with E-state index in [0.717, 1.165) is 24.9 Å². The number of nitrogens with zero attached hydrogens (tertiary/aromatic N) is 1. The third-order valence-corrected chi connectivity index (χ3v) is 1.46. The lowest BCUT2D eigenvalue weighted by atomic mass is 10.3. The molecule has 4 heteroatoms. The van der Waals surface area contributed by atoms with Gasteiger partial charge < -0.3 is 10.6 Å². The Kier molecular flexibility index (Phi) is 13.2. The lowest BCUT2D eigenvalue weighted by Gasteiger charge is -2.06. The molecule has 0 saturated carbocycles. The van der Waals surface area contributed by atoms with Gasteiger partial charge in [0.1, 0.15) is 0 Å². The van der Waals surface area contributed by atoms with E-state index in [2.05, 4.69) is 31.3 Å². The third kappa shape index (κ3) is 24.6. The Hall–Kier alpha value is -0.540. The molecule has 0 bridgehead atoms. The van der Waals surface area contributed by atoms with Crippen LogP contribution < -0.4 is 5.73 Å². The fourth-order valence-corrected chi connectivity index (χ4v) is 0.712. The van der Waals surface area contributed by atoms with Gasteiger partial charge in [-0.3, -0.25) is 4.79 Å². The van der Waals surface area contributed by atoms with Gasteiger partial charge in [0.2, 0.25) is 5.91 Å². The molecular weight excluding hydrogens is 188 g/mol. The van der Waals surface area contributed by atoms with E-state index in [-0.39, 0.29) is 0 Å². The van der Waals surface area contributed by atoms with E-state index in [4.69, 9.17) is 11.6 Å². The van der Waals surface area contributed by atoms with Gasteiger partial charge in [0.25, 0.3) is 0 Å². The molecule has 0 unspecified atom stereocenters. The Balaban J connectivity index is 0. The van der Waals surface area contributed by atoms with Crippen molar-refractivity contribution in [2.75, 3.05) is 26.5 Å². The van der Waals surface area contributed by atoms with E-state index in [1.165, 1.54) is 6.42 Å². The molecule has 0 heterocycles. The molecule has 0 atom stereocenters. The van der Waals surface area contributed by atoms with Crippen LogP contribution in [0.1, 0.15) is 12.8 Å². The molecule has 0 spiro atoms. The van der Waals surface area contributed by atoms with Crippen molar-refractivity contribution in [1.82, 2.24) is 4.90 Å². The zero-order valence-electron chi connectivity index (χ0n) is 8.42. The highest BCUT2D eigenvalue weighted by atomic mass is 35.5. The Labute approximate surface area is 85.5 Å². The largest absolute Gasteiger partial charge is 0.366 e. The van der Waals surface area contributed by atoms with Crippen LogP contribution in [0.25, 0.3) is 0 Å². The predicted octanol–water partition coefficient (Wildman–Crippen LogP) is 1.22. The van der Waals surface area contributed by atoms with Gasteiger partial charge in [-0.15, -0.1) is 11.6 Å². The van der Waals surface area contributed by atoms with Crippen molar-refractivity contribution in [3.05, 3.63) is 12.7 Å². The van der Waals surface area contributed by atoms with Crippen molar-refractivity contribution in [1.29, 1.82) is 0 Å². The van der Waals surface area contributed by atoms with Crippen molar-refractivity contribution < 1.29 is 4.79 Å². The molecule has 0 aromatic rings. The van der Waals surface area contributed by atoms with Gasteiger partial charge in [-0.25, -0.2) is 0 Å². The fourth-order valence-electron chi connectivity index (χ4n) is 0.523. The number of primary amides is 1. The second-order valence-corrected chi connectivity index (χ2v) is 3.18. The molecule has 13 heavy (non-hydrogen) atoms. The SMILES string of the molecule is C=CC(N)=O.CN(C)CCCCCl. The lowest BCUT2D eigenvalue weighted by molar-refractivity contribution is -0.113. The zero-order valence-corrected chi connectivity index (χ0v) is 9.18. The van der Waals surface area contributed by atoms with Gasteiger partial charge >= 0.3 is 0 Å². The minimum absolute atomic E-state index is 0.481. The molecule has 1 amide bonds. The quantitative estimate of drug-likeness (QED) is 0.418. The van der Waals surface area contributed by atoms with E-state index in [0.29, 0.717) is 0 Å². The zero-order chi connectivity index (χ0) is 10.7. The summed E-state index contributed by atoms with van der Waals surface area (Å²) in [5, 5.41) is 0. The summed E-state index contributed by atoms with van der Waals surface area (Å²) < 4.78 is 0. The number of hydrogen-bond acceptors (Lipinski definition) is 2. The summed E-state index contributed by atoms with van der Waals surface area (Å²) in [6, 6.07) is 0. The smallest absolute Gasteiger partial charge is 0.240 e. The molecule has 0 fully saturated rings. The highest BCUT2D eigenvalue weighted by Gasteiger charge is 1.87. The van der Waals surface area contributed by atoms with Gasteiger partial charge in [-0.1, -0.05) is 6.58 Å². The summed E-state index contributed by atoms with van der Waals surface area (Å²) in [4.78, 5) is 11.6. The fraction of sp³-hybridized carbons (Fsp3) is 0.667. The number of rotatable bonds is 5. The van der Waals surface area contributed by atoms with Gasteiger partial charge in [-0.2, -0.15) is 0 Å². The molecule has 0 rings (SSSR count). The van der Waals surface area contributed by atoms with Crippen LogP contribution in [0.15, 0.2) is 12.7 Å². The van der Waals surface area contributed by atoms with Gasteiger partial charge in [0, 0.05) is 5.88 Å². The first-order valence-electron chi connectivity index (χ1n) is 4.17. The Morgan fingerprint density at radius 2 is 2.00 bits per heavy atom. The normalized spacial score (nSPS) is 8.92. The number of carbonyl (C=O) groups is 1. The maximum absolute atomic E-state index is 9.47. The number of nitrogens with two attached hydrogens (primary N) is 1. The predicted molar refractivity (Wildman–Crippen MR) is 57.9 cm³/mol. The van der Waals surface area contributed by atoms with Crippen molar-refractivity contribution >= 4 is 17.5 Å². The maximum atomic E-state index is 9.47. The highest BCUT2D eigenvalue weighted by Crippen LogP contribution is 1.91. The number of unbranched alkanes of at least 4 members (excludes halogenated alkanes) is 1. The Morgan fingerprint density at radius 1 is 1.54 bits per heavy atom. The van der Waals surface area contributed by atoms with Crippen molar-refractivity contribution in [2.45, 2.75) is 12.8 Å². The van der Waals surface area contributed by atoms with Crippen molar-refractivity contribution in [3.63, 3.8) is 0 Å². The average molecular weight is 207 g/mol. The van der Waals surface area contributed by atoms with Crippen LogP contribution in [0, 0.1) is 0 Å². The van der Waals surface area contributed by atoms with Crippen molar-refractivity contribution in [3.8, 4) is 0 Å². The molecule has 0 aliphatic carbocycles. The topological polar surface area (TPSA) is 46.3 Å². The third-order valence-electron chi connectivity index (χ3n) is 1.19. The summed E-state index contributed by atoms with van der Waals surface area (Å²) in [6.45, 7) is 4.25. The second-order valence-electron chi connectivity index (χ2n) is 2.81. The van der Waals surface area contributed by atoms with E-state index in [9.17, 15) is 4.79 Å². The molecule has 0 aliphatic rings. The molecule has 0 aromatic carbocycles. The lowest BCUT2D eigenvalue weighted by Crippen LogP contribution is -2.12. The monoisotopic (exact) mass is 206 g/mol. The van der Waals surface area contributed by atoms with Gasteiger partial charge in [0.05, 0.1) is 0 Å². The highest BCUT2D eigenvalue weighted by molar-refractivity contribution is 6.17. The maximum Gasteiger partial charge on any atom is 0.240 e. The minimum Gasteiger partial charge on any atom is -0.366 e. The summed E-state index contributed by atoms with van der Waals surface area (Å²) in [6.07, 6.45) is 3.41. The number of amides is 1. The summed E-state index contributed by atoms with van der Waals surface area (Å²) in [5.74, 6) is 0.318. The standard InChI is InChI=1S/C6H14ClN.C3H5NO/c1-8(2)6-4-3-5-7;1-2-3(4)5/h3-6H2,1-2H3;2H,1H2,(H2,4,5). The van der Waals surface area contributed by atoms with Crippen molar-refractivity contribution in [2.24, 2.45) is 5.73 Å². The number of alkyl halides is 1. The first-order chi connectivity index (χ1) is 6.04. The van der Waals surface area contributed by atoms with Crippen LogP contribution >= 0.6 is 11.6 Å². The van der Waals surface area contributed by atoms with E-state index in [1.54, 1.807) is 0 Å². The van der Waals surface area contributed by atoms with Crippen LogP contribution in [0.4, 0.5) is 0 Å². The van der Waals surface area contributed by atoms with Crippen LogP contribution in [0.3, 0.4) is 0 Å². The molecule has 2 N–H and O–H groups in total. The summed E-state index contributed by atoms with van der Waals surface area (Å²) >= 11 is 5.47. The van der Waals surface area contributed by atoms with Crippen LogP contribution in [0.5, 0.6) is 0 Å². The summed E-state index contributed by atoms with van der Waals surface area (Å²) in [5.41, 5.74) is 4.53. The molecule has 0 radical (unpaired) electrons. The Bertz CT molecular complexity index is 138. The number of hydrogen-bond donors (Lipinski definition) is 1. The van der Waals surface area contributed by atoms with Crippen LogP contribution in [-0.2, 0) is 4.79 Å². The second kappa shape index (κ2) is 11.5. The molecular formula is C9H19ClN2O. The van der Waals surface area contributed by atoms with Gasteiger partial charge in [0.15, 0.2) is 0 Å². The molecule has 78 valence electrons. The number of halogens is 1. The molecule has 0 aliphatic heterocycles. The first kappa shape index (κ1) is 15.0. The molecule has 3 nitrogen and oxygen atoms in total. The van der Waals surface area contributed by atoms with E-state index in [1.807, 2.05) is 0 Å². The van der Waals surface area contributed by atoms with E-state index < -0.39 is 5.91 Å². The summed E-state index contributed by atoms with van der Waals surface area (Å²) in [7, 11) is 4.16. The number of carbonyl (C=O) groups excluding carboxylic acids is 1. The van der Waals surface area contributed by atoms with Gasteiger partial charge in [-0.05, 0) is 39.6 Å². The molecule has 0 aromatic heterocycles.